The van der Waals surface area contributed by atoms with Crippen molar-refractivity contribution in [2.75, 3.05) is 13.1 Å². The fourth-order valence-electron chi connectivity index (χ4n) is 2.82. The quantitative estimate of drug-likeness (QED) is 0.653. The Labute approximate surface area is 153 Å². The number of aromatic amines is 1. The van der Waals surface area contributed by atoms with Gasteiger partial charge >= 0.3 is 0 Å². The SMILES string of the molecule is CCN(Cc1ccccc1)C(=O)CNCc1cn[nH]c1-c1ccc(C)o1. The number of nitrogens with zero attached hydrogens (tertiary/aromatic N) is 2. The monoisotopic (exact) mass is 352 g/mol. The van der Waals surface area contributed by atoms with Crippen molar-refractivity contribution in [1.29, 1.82) is 0 Å². The molecule has 3 rings (SSSR count). The van der Waals surface area contributed by atoms with Crippen molar-refractivity contribution in [2.24, 2.45) is 0 Å². The van der Waals surface area contributed by atoms with Crippen molar-refractivity contribution >= 4 is 5.91 Å². The van der Waals surface area contributed by atoms with E-state index in [0.717, 1.165) is 28.3 Å². The number of rotatable bonds is 8. The van der Waals surface area contributed by atoms with Gasteiger partial charge in [0, 0.05) is 25.2 Å². The van der Waals surface area contributed by atoms with Crippen molar-refractivity contribution in [3.05, 3.63) is 65.5 Å². The molecule has 136 valence electrons. The number of aryl methyl sites for hydroxylation is 1. The first kappa shape index (κ1) is 17.9. The molecule has 0 saturated carbocycles. The van der Waals surface area contributed by atoms with E-state index >= 15 is 0 Å². The lowest BCUT2D eigenvalue weighted by atomic mass is 10.2. The second kappa shape index (κ2) is 8.49. The van der Waals surface area contributed by atoms with Gasteiger partial charge in [-0.15, -0.1) is 0 Å². The van der Waals surface area contributed by atoms with Gasteiger partial charge in [-0.1, -0.05) is 30.3 Å². The highest BCUT2D eigenvalue weighted by atomic mass is 16.3. The molecule has 26 heavy (non-hydrogen) atoms. The summed E-state index contributed by atoms with van der Waals surface area (Å²) in [5, 5.41) is 10.3. The van der Waals surface area contributed by atoms with Crippen LogP contribution in [-0.2, 0) is 17.9 Å². The molecule has 0 saturated heterocycles. The molecule has 1 aromatic carbocycles. The van der Waals surface area contributed by atoms with Crippen molar-refractivity contribution < 1.29 is 9.21 Å². The summed E-state index contributed by atoms with van der Waals surface area (Å²) in [5.41, 5.74) is 2.95. The van der Waals surface area contributed by atoms with Gasteiger partial charge in [-0.25, -0.2) is 0 Å². The molecule has 6 heteroatoms. The van der Waals surface area contributed by atoms with E-state index in [1.54, 1.807) is 6.20 Å². The highest BCUT2D eigenvalue weighted by Gasteiger charge is 2.14. The zero-order valence-electron chi connectivity index (χ0n) is 15.2. The summed E-state index contributed by atoms with van der Waals surface area (Å²) in [6.45, 7) is 6.03. The van der Waals surface area contributed by atoms with E-state index in [-0.39, 0.29) is 12.5 Å². The van der Waals surface area contributed by atoms with Crippen LogP contribution in [0.15, 0.2) is 53.1 Å². The Morgan fingerprint density at radius 2 is 2.04 bits per heavy atom. The molecule has 0 aliphatic heterocycles. The van der Waals surface area contributed by atoms with Crippen LogP contribution in [0.3, 0.4) is 0 Å². The highest BCUT2D eigenvalue weighted by molar-refractivity contribution is 5.78. The minimum atomic E-state index is 0.0789. The predicted octanol–water partition coefficient (Wildman–Crippen LogP) is 3.12. The van der Waals surface area contributed by atoms with Gasteiger partial charge in [0.05, 0.1) is 12.7 Å². The summed E-state index contributed by atoms with van der Waals surface area (Å²) < 4.78 is 5.64. The van der Waals surface area contributed by atoms with E-state index in [9.17, 15) is 4.79 Å². The molecule has 0 bridgehead atoms. The van der Waals surface area contributed by atoms with Crippen LogP contribution in [0.4, 0.5) is 0 Å². The van der Waals surface area contributed by atoms with Crippen LogP contribution in [0.5, 0.6) is 0 Å². The smallest absolute Gasteiger partial charge is 0.236 e. The van der Waals surface area contributed by atoms with Crippen LogP contribution in [0.25, 0.3) is 11.5 Å². The first-order valence-electron chi connectivity index (χ1n) is 8.79. The standard InChI is InChI=1S/C20H24N4O2/c1-3-24(14-16-7-5-4-6-8-16)19(25)13-21-11-17-12-22-23-20(17)18-10-9-15(2)26-18/h4-10,12,21H,3,11,13-14H2,1-2H3,(H,22,23). The third-order valence-electron chi connectivity index (χ3n) is 4.25. The van der Waals surface area contributed by atoms with Crippen molar-refractivity contribution in [2.45, 2.75) is 26.9 Å². The Kier molecular flexibility index (Phi) is 5.86. The van der Waals surface area contributed by atoms with Crippen molar-refractivity contribution in [1.82, 2.24) is 20.4 Å². The maximum atomic E-state index is 12.5. The molecule has 6 nitrogen and oxygen atoms in total. The van der Waals surface area contributed by atoms with Gasteiger partial charge in [0.25, 0.3) is 0 Å². The Hall–Kier alpha value is -2.86. The molecular weight excluding hydrogens is 328 g/mol. The first-order chi connectivity index (χ1) is 12.7. The highest BCUT2D eigenvalue weighted by Crippen LogP contribution is 2.23. The van der Waals surface area contributed by atoms with Gasteiger partial charge in [-0.2, -0.15) is 5.10 Å². The predicted molar refractivity (Wildman–Crippen MR) is 100 cm³/mol. The third kappa shape index (κ3) is 4.40. The number of amides is 1. The summed E-state index contributed by atoms with van der Waals surface area (Å²) in [7, 11) is 0. The van der Waals surface area contributed by atoms with E-state index in [2.05, 4.69) is 15.5 Å². The lowest BCUT2D eigenvalue weighted by Gasteiger charge is -2.21. The summed E-state index contributed by atoms with van der Waals surface area (Å²) >= 11 is 0. The zero-order valence-corrected chi connectivity index (χ0v) is 15.2. The number of nitrogens with one attached hydrogen (secondary N) is 2. The Bertz CT molecular complexity index is 838. The maximum absolute atomic E-state index is 12.5. The van der Waals surface area contributed by atoms with E-state index in [0.29, 0.717) is 19.6 Å². The molecule has 2 heterocycles. The number of carbonyl (C=O) groups is 1. The minimum absolute atomic E-state index is 0.0789. The molecule has 0 radical (unpaired) electrons. The number of hydrogen-bond donors (Lipinski definition) is 2. The average Bonchev–Trinajstić information content (AvgIpc) is 3.29. The van der Waals surface area contributed by atoms with Gasteiger partial charge < -0.3 is 14.6 Å². The Balaban J connectivity index is 1.54. The molecule has 0 unspecified atom stereocenters. The van der Waals surface area contributed by atoms with E-state index in [4.69, 9.17) is 4.42 Å². The van der Waals surface area contributed by atoms with Gasteiger partial charge in [0.1, 0.15) is 11.5 Å². The average molecular weight is 352 g/mol. The molecule has 2 N–H and O–H groups in total. The molecule has 0 atom stereocenters. The van der Waals surface area contributed by atoms with E-state index < -0.39 is 0 Å². The summed E-state index contributed by atoms with van der Waals surface area (Å²) in [5.74, 6) is 1.68. The number of likely N-dealkylation sites (N-methyl/N-ethyl adjacent to an activating group) is 1. The number of carbonyl (C=O) groups excluding carboxylic acids is 1. The molecule has 0 fully saturated rings. The zero-order chi connectivity index (χ0) is 18.4. The fourth-order valence-corrected chi connectivity index (χ4v) is 2.82. The molecular formula is C20H24N4O2. The largest absolute Gasteiger partial charge is 0.460 e. The lowest BCUT2D eigenvalue weighted by Crippen LogP contribution is -2.37. The Morgan fingerprint density at radius 3 is 2.73 bits per heavy atom. The van der Waals surface area contributed by atoms with Crippen molar-refractivity contribution in [3.8, 4) is 11.5 Å². The second-order valence-electron chi connectivity index (χ2n) is 6.18. The van der Waals surface area contributed by atoms with Gasteiger partial charge in [0.15, 0.2) is 5.76 Å². The number of hydrogen-bond acceptors (Lipinski definition) is 4. The first-order valence-corrected chi connectivity index (χ1v) is 8.79. The van der Waals surface area contributed by atoms with Crippen LogP contribution >= 0.6 is 0 Å². The summed E-state index contributed by atoms with van der Waals surface area (Å²) in [4.78, 5) is 14.3. The summed E-state index contributed by atoms with van der Waals surface area (Å²) in [6.07, 6.45) is 1.76. The van der Waals surface area contributed by atoms with Crippen LogP contribution in [0, 0.1) is 6.92 Å². The lowest BCUT2D eigenvalue weighted by molar-refractivity contribution is -0.130. The number of aromatic nitrogens is 2. The van der Waals surface area contributed by atoms with Crippen LogP contribution in [0.1, 0.15) is 23.8 Å². The summed E-state index contributed by atoms with van der Waals surface area (Å²) in [6, 6.07) is 13.9. The molecule has 0 spiro atoms. The Morgan fingerprint density at radius 1 is 1.23 bits per heavy atom. The van der Waals surface area contributed by atoms with Gasteiger partial charge in [0.2, 0.25) is 5.91 Å². The topological polar surface area (TPSA) is 74.2 Å². The second-order valence-corrected chi connectivity index (χ2v) is 6.18. The van der Waals surface area contributed by atoms with E-state index in [1.807, 2.05) is 61.2 Å². The van der Waals surface area contributed by atoms with Crippen LogP contribution in [-0.4, -0.2) is 34.1 Å². The van der Waals surface area contributed by atoms with Crippen LogP contribution < -0.4 is 5.32 Å². The number of furan rings is 1. The number of H-pyrrole nitrogens is 1. The van der Waals surface area contributed by atoms with Crippen molar-refractivity contribution in [3.63, 3.8) is 0 Å². The normalized spacial score (nSPS) is 10.8. The van der Waals surface area contributed by atoms with Gasteiger partial charge in [-0.05, 0) is 31.5 Å². The maximum Gasteiger partial charge on any atom is 0.236 e. The molecule has 2 aromatic heterocycles. The molecule has 0 aliphatic rings. The third-order valence-corrected chi connectivity index (χ3v) is 4.25. The van der Waals surface area contributed by atoms with E-state index in [1.165, 1.54) is 0 Å². The molecule has 1 amide bonds. The molecule has 3 aromatic rings. The fraction of sp³-hybridized carbons (Fsp3) is 0.300. The van der Waals surface area contributed by atoms with Crippen LogP contribution in [0.2, 0.25) is 0 Å². The number of benzene rings is 1. The van der Waals surface area contributed by atoms with Gasteiger partial charge in [-0.3, -0.25) is 9.89 Å². The molecule has 0 aliphatic carbocycles. The minimum Gasteiger partial charge on any atom is -0.460 e.